The monoisotopic (exact) mass is 419 g/mol. The Morgan fingerprint density at radius 3 is 2.52 bits per heavy atom. The lowest BCUT2D eigenvalue weighted by molar-refractivity contribution is 0.120. The van der Waals surface area contributed by atoms with Crippen LogP contribution in [0.3, 0.4) is 0 Å². The van der Waals surface area contributed by atoms with Crippen molar-refractivity contribution in [3.05, 3.63) is 48.5 Å². The van der Waals surface area contributed by atoms with Gasteiger partial charge in [-0.15, -0.1) is 0 Å². The molecule has 0 spiro atoms. The summed E-state index contributed by atoms with van der Waals surface area (Å²) in [5.74, 6) is 2.58. The Bertz CT molecular complexity index is 1010. The summed E-state index contributed by atoms with van der Waals surface area (Å²) in [7, 11) is 1.70. The lowest BCUT2D eigenvalue weighted by Crippen LogP contribution is -2.47. The van der Waals surface area contributed by atoms with Gasteiger partial charge in [0, 0.05) is 50.4 Å². The molecule has 2 aromatic carbocycles. The maximum atomic E-state index is 5.77. The Morgan fingerprint density at radius 2 is 1.77 bits per heavy atom. The highest BCUT2D eigenvalue weighted by Crippen LogP contribution is 2.26. The zero-order valence-corrected chi connectivity index (χ0v) is 18.0. The Hall–Kier alpha value is -3.06. The van der Waals surface area contributed by atoms with Gasteiger partial charge in [0.25, 0.3) is 0 Å². The second-order valence-corrected chi connectivity index (χ2v) is 8.08. The first-order valence-corrected chi connectivity index (χ1v) is 11.1. The van der Waals surface area contributed by atoms with Gasteiger partial charge in [-0.05, 0) is 49.2 Å². The number of hydrogen-bond donors (Lipinski definition) is 1. The van der Waals surface area contributed by atoms with Crippen molar-refractivity contribution in [3.8, 4) is 5.75 Å². The van der Waals surface area contributed by atoms with Gasteiger partial charge in [0.1, 0.15) is 11.6 Å². The van der Waals surface area contributed by atoms with Crippen molar-refractivity contribution in [1.29, 1.82) is 0 Å². The number of hydrogen-bond acceptors (Lipinski definition) is 7. The van der Waals surface area contributed by atoms with E-state index in [-0.39, 0.29) is 6.10 Å². The fourth-order valence-electron chi connectivity index (χ4n) is 4.31. The highest BCUT2D eigenvalue weighted by Gasteiger charge is 2.21. The Balaban J connectivity index is 1.31. The number of fused-ring (bicyclic) bond motifs is 1. The predicted octanol–water partition coefficient (Wildman–Crippen LogP) is 3.56. The van der Waals surface area contributed by atoms with Crippen LogP contribution >= 0.6 is 0 Å². The zero-order valence-electron chi connectivity index (χ0n) is 18.0. The number of methoxy groups -OCH3 is 1. The van der Waals surface area contributed by atoms with Crippen LogP contribution in [0.4, 0.5) is 17.5 Å². The molecular formula is C24H29N5O2. The first kappa shape index (κ1) is 19.9. The van der Waals surface area contributed by atoms with E-state index in [0.717, 1.165) is 80.6 Å². The maximum absolute atomic E-state index is 5.77. The van der Waals surface area contributed by atoms with E-state index in [0.29, 0.717) is 0 Å². The van der Waals surface area contributed by atoms with Crippen molar-refractivity contribution in [3.63, 3.8) is 0 Å². The average Bonchev–Trinajstić information content (AvgIpc) is 3.36. The van der Waals surface area contributed by atoms with Crippen LogP contribution in [0.5, 0.6) is 5.75 Å². The number of piperazine rings is 1. The van der Waals surface area contributed by atoms with E-state index in [2.05, 4.69) is 39.4 Å². The van der Waals surface area contributed by atoms with Crippen LogP contribution in [0, 0.1) is 0 Å². The van der Waals surface area contributed by atoms with Crippen molar-refractivity contribution in [2.24, 2.45) is 0 Å². The molecule has 1 N–H and O–H groups in total. The van der Waals surface area contributed by atoms with E-state index < -0.39 is 0 Å². The van der Waals surface area contributed by atoms with E-state index in [1.54, 1.807) is 7.11 Å². The lowest BCUT2D eigenvalue weighted by atomic mass is 10.2. The number of nitrogens with one attached hydrogen (secondary N) is 1. The van der Waals surface area contributed by atoms with Crippen molar-refractivity contribution in [2.75, 3.05) is 61.6 Å². The molecule has 2 aliphatic heterocycles. The lowest BCUT2D eigenvalue weighted by Gasteiger charge is -2.36. The fourth-order valence-corrected chi connectivity index (χ4v) is 4.31. The van der Waals surface area contributed by atoms with Gasteiger partial charge in [-0.1, -0.05) is 12.1 Å². The van der Waals surface area contributed by atoms with Crippen LogP contribution < -0.4 is 19.9 Å². The van der Waals surface area contributed by atoms with Crippen molar-refractivity contribution < 1.29 is 9.47 Å². The zero-order chi connectivity index (χ0) is 21.0. The van der Waals surface area contributed by atoms with Crippen molar-refractivity contribution in [1.82, 2.24) is 9.97 Å². The highest BCUT2D eigenvalue weighted by atomic mass is 16.5. The molecule has 2 fully saturated rings. The molecule has 31 heavy (non-hydrogen) atoms. The van der Waals surface area contributed by atoms with E-state index >= 15 is 0 Å². The molecular weight excluding hydrogens is 390 g/mol. The van der Waals surface area contributed by atoms with Gasteiger partial charge in [-0.25, -0.2) is 4.98 Å². The number of ether oxygens (including phenoxy) is 2. The Labute approximate surface area is 183 Å². The van der Waals surface area contributed by atoms with E-state index in [1.807, 2.05) is 24.3 Å². The van der Waals surface area contributed by atoms with Crippen LogP contribution in [0.15, 0.2) is 48.5 Å². The second-order valence-electron chi connectivity index (χ2n) is 8.08. The second kappa shape index (κ2) is 8.98. The molecule has 1 aromatic heterocycles. The van der Waals surface area contributed by atoms with Gasteiger partial charge in [0.15, 0.2) is 0 Å². The van der Waals surface area contributed by atoms with E-state index in [1.165, 1.54) is 5.69 Å². The van der Waals surface area contributed by atoms with Crippen LogP contribution in [0.1, 0.15) is 12.8 Å². The van der Waals surface area contributed by atoms with Gasteiger partial charge in [-0.2, -0.15) is 4.98 Å². The molecule has 162 valence electrons. The van der Waals surface area contributed by atoms with Crippen LogP contribution in [0.25, 0.3) is 10.9 Å². The van der Waals surface area contributed by atoms with E-state index in [4.69, 9.17) is 19.4 Å². The molecule has 3 aromatic rings. The maximum Gasteiger partial charge on any atom is 0.228 e. The molecule has 1 atom stereocenters. The smallest absolute Gasteiger partial charge is 0.228 e. The normalized spacial score (nSPS) is 19.1. The van der Waals surface area contributed by atoms with Crippen molar-refractivity contribution >= 4 is 28.4 Å². The molecule has 0 bridgehead atoms. The standard InChI is InChI=1S/C24H29N5O2/c1-30-19-10-8-18(9-11-19)28-12-14-29(15-13-28)24-26-22-7-3-2-6-21(22)23(27-24)25-17-20-5-4-16-31-20/h2-3,6-11,20H,4-5,12-17H2,1H3,(H,25,26,27). The molecule has 1 unspecified atom stereocenters. The summed E-state index contributed by atoms with van der Waals surface area (Å²) in [4.78, 5) is 14.5. The molecule has 0 radical (unpaired) electrons. The summed E-state index contributed by atoms with van der Waals surface area (Å²) in [5, 5.41) is 4.59. The minimum Gasteiger partial charge on any atom is -0.497 e. The predicted molar refractivity (Wildman–Crippen MR) is 124 cm³/mol. The molecule has 7 heteroatoms. The first-order valence-electron chi connectivity index (χ1n) is 11.1. The Morgan fingerprint density at radius 1 is 1.00 bits per heavy atom. The third kappa shape index (κ3) is 4.37. The Kier molecular flexibility index (Phi) is 5.76. The summed E-state index contributed by atoms with van der Waals surface area (Å²) in [6, 6.07) is 16.5. The van der Waals surface area contributed by atoms with Gasteiger partial charge in [-0.3, -0.25) is 0 Å². The van der Waals surface area contributed by atoms with Crippen LogP contribution in [0.2, 0.25) is 0 Å². The summed E-state index contributed by atoms with van der Waals surface area (Å²) in [6.07, 6.45) is 2.52. The number of anilines is 3. The summed E-state index contributed by atoms with van der Waals surface area (Å²) in [6.45, 7) is 5.28. The third-order valence-corrected chi connectivity index (χ3v) is 6.11. The molecule has 7 nitrogen and oxygen atoms in total. The molecule has 0 amide bonds. The quantitative estimate of drug-likeness (QED) is 0.655. The molecule has 3 heterocycles. The van der Waals surface area contributed by atoms with Crippen LogP contribution in [-0.4, -0.2) is 62.5 Å². The number of para-hydroxylation sites is 1. The molecule has 0 aliphatic carbocycles. The average molecular weight is 420 g/mol. The van der Waals surface area contributed by atoms with Gasteiger partial charge in [0.05, 0.1) is 18.7 Å². The van der Waals surface area contributed by atoms with Crippen LogP contribution in [-0.2, 0) is 4.74 Å². The highest BCUT2D eigenvalue weighted by molar-refractivity contribution is 5.90. The van der Waals surface area contributed by atoms with Gasteiger partial charge in [0.2, 0.25) is 5.95 Å². The number of nitrogens with zero attached hydrogens (tertiary/aromatic N) is 4. The summed E-state index contributed by atoms with van der Waals surface area (Å²) < 4.78 is 11.0. The number of rotatable bonds is 6. The molecule has 2 saturated heterocycles. The summed E-state index contributed by atoms with van der Waals surface area (Å²) >= 11 is 0. The fraction of sp³-hybridized carbons (Fsp3) is 0.417. The van der Waals surface area contributed by atoms with Gasteiger partial charge >= 0.3 is 0 Å². The number of benzene rings is 2. The minimum atomic E-state index is 0.269. The van der Waals surface area contributed by atoms with Gasteiger partial charge < -0.3 is 24.6 Å². The molecule has 2 aliphatic rings. The first-order chi connectivity index (χ1) is 15.3. The number of aromatic nitrogens is 2. The SMILES string of the molecule is COc1ccc(N2CCN(c3nc(NCC4CCCO4)c4ccccc4n3)CC2)cc1. The largest absolute Gasteiger partial charge is 0.497 e. The van der Waals surface area contributed by atoms with Crippen molar-refractivity contribution in [2.45, 2.75) is 18.9 Å². The third-order valence-electron chi connectivity index (χ3n) is 6.11. The molecule has 0 saturated carbocycles. The topological polar surface area (TPSA) is 62.8 Å². The molecule has 5 rings (SSSR count). The summed E-state index contributed by atoms with van der Waals surface area (Å²) in [5.41, 5.74) is 2.19. The minimum absolute atomic E-state index is 0.269. The van der Waals surface area contributed by atoms with E-state index in [9.17, 15) is 0 Å².